The molecule has 0 aromatic carbocycles. The zero-order valence-electron chi connectivity index (χ0n) is 12.2. The van der Waals surface area contributed by atoms with Crippen molar-refractivity contribution in [3.63, 3.8) is 0 Å². The predicted octanol–water partition coefficient (Wildman–Crippen LogP) is 4.07. The SMILES string of the molecule is C#CC.CCCC(C)CC.CNN=C(C)C. The normalized spacial score (nSPS) is 9.38. The Balaban J connectivity index is -0.000000172. The first-order valence-electron chi connectivity index (χ1n) is 6.04. The lowest BCUT2D eigenvalue weighted by Gasteiger charge is -2.02. The van der Waals surface area contributed by atoms with Crippen LogP contribution >= 0.6 is 0 Å². The van der Waals surface area contributed by atoms with E-state index in [-0.39, 0.29) is 0 Å². The van der Waals surface area contributed by atoms with Crippen molar-refractivity contribution in [2.75, 3.05) is 7.05 Å². The van der Waals surface area contributed by atoms with Crippen LogP contribution in [0.5, 0.6) is 0 Å². The fraction of sp³-hybridized carbons (Fsp3) is 0.786. The van der Waals surface area contributed by atoms with Gasteiger partial charge in [0.05, 0.1) is 0 Å². The molecule has 0 amide bonds. The molecule has 96 valence electrons. The molecule has 0 saturated heterocycles. The van der Waals surface area contributed by atoms with Crippen LogP contribution in [-0.2, 0) is 0 Å². The molecule has 0 rings (SSSR count). The standard InChI is InChI=1S/C7H16.C4H10N2.C3H4/c1-4-6-7(3)5-2;1-4(2)6-5-3;1-3-2/h7H,4-6H2,1-3H3;5H,1-3H3;1H,2H3. The van der Waals surface area contributed by atoms with Crippen molar-refractivity contribution in [2.24, 2.45) is 11.0 Å². The summed E-state index contributed by atoms with van der Waals surface area (Å²) in [4.78, 5) is 0. The van der Waals surface area contributed by atoms with E-state index in [1.54, 1.807) is 14.0 Å². The number of rotatable bonds is 4. The van der Waals surface area contributed by atoms with Crippen LogP contribution in [-0.4, -0.2) is 12.8 Å². The smallest absolute Gasteiger partial charge is 0.0316 e. The Labute approximate surface area is 103 Å². The molecule has 1 unspecified atom stereocenters. The molecule has 0 radical (unpaired) electrons. The Kier molecular flexibility index (Phi) is 25.0. The van der Waals surface area contributed by atoms with Gasteiger partial charge in [0.25, 0.3) is 0 Å². The molecule has 16 heavy (non-hydrogen) atoms. The maximum atomic E-state index is 4.60. The first kappa shape index (κ1) is 20.4. The van der Waals surface area contributed by atoms with E-state index < -0.39 is 0 Å². The molecule has 0 aromatic rings. The molecule has 0 fully saturated rings. The van der Waals surface area contributed by atoms with E-state index in [9.17, 15) is 0 Å². The third-order valence-electron chi connectivity index (χ3n) is 1.81. The fourth-order valence-electron chi connectivity index (χ4n) is 0.921. The van der Waals surface area contributed by atoms with Crippen LogP contribution in [0.25, 0.3) is 0 Å². The van der Waals surface area contributed by atoms with Gasteiger partial charge in [0, 0.05) is 12.8 Å². The van der Waals surface area contributed by atoms with E-state index in [0.29, 0.717) is 0 Å². The van der Waals surface area contributed by atoms with Gasteiger partial charge in [-0.1, -0.05) is 40.0 Å². The Bertz CT molecular complexity index is 174. The molecule has 1 atom stereocenters. The van der Waals surface area contributed by atoms with Gasteiger partial charge in [0.2, 0.25) is 0 Å². The molecule has 2 nitrogen and oxygen atoms in total. The van der Waals surface area contributed by atoms with Gasteiger partial charge >= 0.3 is 0 Å². The minimum atomic E-state index is 0.949. The minimum absolute atomic E-state index is 0.949. The molecule has 0 bridgehead atoms. The minimum Gasteiger partial charge on any atom is -0.313 e. The summed E-state index contributed by atoms with van der Waals surface area (Å²) in [6, 6.07) is 0. The van der Waals surface area contributed by atoms with Gasteiger partial charge in [-0.3, -0.25) is 0 Å². The van der Waals surface area contributed by atoms with Gasteiger partial charge in [-0.05, 0) is 26.7 Å². The van der Waals surface area contributed by atoms with Crippen LogP contribution in [0.1, 0.15) is 60.8 Å². The highest BCUT2D eigenvalue weighted by Gasteiger charge is 1.92. The van der Waals surface area contributed by atoms with Gasteiger partial charge in [0.1, 0.15) is 0 Å². The number of nitrogens with zero attached hydrogens (tertiary/aromatic N) is 1. The average molecular weight is 226 g/mol. The lowest BCUT2D eigenvalue weighted by Crippen LogP contribution is -1.96. The maximum Gasteiger partial charge on any atom is 0.0316 e. The van der Waals surface area contributed by atoms with Crippen LogP contribution in [0.4, 0.5) is 0 Å². The summed E-state index contributed by atoms with van der Waals surface area (Å²) in [5.74, 6) is 3.20. The fourth-order valence-corrected chi connectivity index (χ4v) is 0.921. The van der Waals surface area contributed by atoms with Gasteiger partial charge in [-0.2, -0.15) is 5.10 Å². The summed E-state index contributed by atoms with van der Waals surface area (Å²) in [7, 11) is 1.78. The molecule has 0 aliphatic heterocycles. The highest BCUT2D eigenvalue weighted by molar-refractivity contribution is 5.78. The molecule has 2 heteroatoms. The van der Waals surface area contributed by atoms with E-state index in [1.807, 2.05) is 13.8 Å². The van der Waals surface area contributed by atoms with Crippen LogP contribution in [0.2, 0.25) is 0 Å². The van der Waals surface area contributed by atoms with Crippen molar-refractivity contribution in [3.8, 4) is 12.3 Å². The number of hydrazone groups is 1. The van der Waals surface area contributed by atoms with E-state index in [0.717, 1.165) is 11.6 Å². The zero-order chi connectivity index (χ0) is 13.4. The van der Waals surface area contributed by atoms with E-state index in [1.165, 1.54) is 19.3 Å². The van der Waals surface area contributed by atoms with Crippen molar-refractivity contribution in [1.29, 1.82) is 0 Å². The third kappa shape index (κ3) is 38.2. The van der Waals surface area contributed by atoms with Crippen LogP contribution in [0.3, 0.4) is 0 Å². The summed E-state index contributed by atoms with van der Waals surface area (Å²) in [6.45, 7) is 12.3. The summed E-state index contributed by atoms with van der Waals surface area (Å²) in [5, 5.41) is 3.79. The highest BCUT2D eigenvalue weighted by atomic mass is 15.3. The Morgan fingerprint density at radius 2 is 1.81 bits per heavy atom. The quantitative estimate of drug-likeness (QED) is 0.436. The van der Waals surface area contributed by atoms with Crippen molar-refractivity contribution in [3.05, 3.63) is 0 Å². The van der Waals surface area contributed by atoms with Gasteiger partial charge in [-0.25, -0.2) is 0 Å². The van der Waals surface area contributed by atoms with E-state index >= 15 is 0 Å². The first-order valence-corrected chi connectivity index (χ1v) is 6.04. The second-order valence-electron chi connectivity index (χ2n) is 3.87. The van der Waals surface area contributed by atoms with Crippen LogP contribution in [0.15, 0.2) is 5.10 Å². The van der Waals surface area contributed by atoms with Crippen LogP contribution < -0.4 is 5.43 Å². The highest BCUT2D eigenvalue weighted by Crippen LogP contribution is 2.07. The summed E-state index contributed by atoms with van der Waals surface area (Å²) in [5.41, 5.74) is 3.71. The molecule has 0 aliphatic carbocycles. The van der Waals surface area contributed by atoms with Gasteiger partial charge in [-0.15, -0.1) is 12.3 Å². The van der Waals surface area contributed by atoms with E-state index in [2.05, 4.69) is 43.6 Å². The third-order valence-corrected chi connectivity index (χ3v) is 1.81. The molecule has 1 N–H and O–H groups in total. The van der Waals surface area contributed by atoms with Crippen molar-refractivity contribution < 1.29 is 0 Å². The lowest BCUT2D eigenvalue weighted by atomic mass is 10.0. The number of hydrogen-bond donors (Lipinski definition) is 1. The monoisotopic (exact) mass is 226 g/mol. The number of hydrogen-bond acceptors (Lipinski definition) is 2. The predicted molar refractivity (Wildman–Crippen MR) is 76.7 cm³/mol. The molecule has 0 aromatic heterocycles. The summed E-state index contributed by atoms with van der Waals surface area (Å²) >= 11 is 0. The largest absolute Gasteiger partial charge is 0.313 e. The Hall–Kier alpha value is -0.970. The first-order chi connectivity index (χ1) is 7.49. The maximum absolute atomic E-state index is 4.60. The number of terminal acetylenes is 1. The average Bonchev–Trinajstić information content (AvgIpc) is 2.20. The molecule has 0 spiro atoms. The topological polar surface area (TPSA) is 24.4 Å². The van der Waals surface area contributed by atoms with Crippen LogP contribution in [0, 0.1) is 18.3 Å². The molecule has 0 heterocycles. The molecular weight excluding hydrogens is 196 g/mol. The van der Waals surface area contributed by atoms with Crippen molar-refractivity contribution in [1.82, 2.24) is 5.43 Å². The van der Waals surface area contributed by atoms with Crippen molar-refractivity contribution >= 4 is 5.71 Å². The van der Waals surface area contributed by atoms with E-state index in [4.69, 9.17) is 0 Å². The lowest BCUT2D eigenvalue weighted by molar-refractivity contribution is 0.509. The summed E-state index contributed by atoms with van der Waals surface area (Å²) in [6.07, 6.45) is 8.68. The van der Waals surface area contributed by atoms with Crippen molar-refractivity contribution in [2.45, 2.75) is 60.8 Å². The second-order valence-corrected chi connectivity index (χ2v) is 3.87. The molecule has 0 saturated carbocycles. The van der Waals surface area contributed by atoms with Gasteiger partial charge in [0.15, 0.2) is 0 Å². The Morgan fingerprint density at radius 3 is 1.88 bits per heavy atom. The van der Waals surface area contributed by atoms with Gasteiger partial charge < -0.3 is 5.43 Å². The number of nitrogens with one attached hydrogen (secondary N) is 1. The molecule has 0 aliphatic rings. The summed E-state index contributed by atoms with van der Waals surface area (Å²) < 4.78 is 0. The Morgan fingerprint density at radius 1 is 1.38 bits per heavy atom. The molecular formula is C14H30N2. The second kappa shape index (κ2) is 19.6. The zero-order valence-corrected chi connectivity index (χ0v) is 12.2.